The summed E-state index contributed by atoms with van der Waals surface area (Å²) in [6.07, 6.45) is 0. The quantitative estimate of drug-likeness (QED) is 0.416. The molecule has 3 rings (SSSR count). The predicted octanol–water partition coefficient (Wildman–Crippen LogP) is 2.17. The smallest absolute Gasteiger partial charge is 0.276 e. The van der Waals surface area contributed by atoms with E-state index in [2.05, 4.69) is 4.98 Å². The minimum absolute atomic E-state index is 0.309. The summed E-state index contributed by atoms with van der Waals surface area (Å²) in [5.41, 5.74) is 14.3. The molecule has 0 radical (unpaired) electrons. The molecule has 0 fully saturated rings. The molecule has 6 N–H and O–H groups in total. The highest BCUT2D eigenvalue weighted by Crippen LogP contribution is 2.23. The first kappa shape index (κ1) is 17.5. The molecule has 1 amide bonds. The summed E-state index contributed by atoms with van der Waals surface area (Å²) >= 11 is 0. The van der Waals surface area contributed by atoms with Crippen LogP contribution in [-0.4, -0.2) is 28.8 Å². The van der Waals surface area contributed by atoms with E-state index in [0.717, 1.165) is 26.9 Å². The summed E-state index contributed by atoms with van der Waals surface area (Å²) in [5, 5.41) is 8.23. The molecular formula is C19H21N5O2. The molecule has 2 aromatic carbocycles. The minimum atomic E-state index is -0.368. The lowest BCUT2D eigenvalue weighted by Crippen LogP contribution is -2.38. The van der Waals surface area contributed by atoms with Gasteiger partial charge >= 0.3 is 0 Å². The van der Waals surface area contributed by atoms with Crippen LogP contribution in [0.3, 0.4) is 0 Å². The number of hydrogen-bond acceptors (Lipinski definition) is 4. The van der Waals surface area contributed by atoms with E-state index in [9.17, 15) is 4.79 Å². The van der Waals surface area contributed by atoms with Gasteiger partial charge in [0.2, 0.25) is 0 Å². The zero-order valence-electron chi connectivity index (χ0n) is 14.5. The van der Waals surface area contributed by atoms with Crippen LogP contribution >= 0.6 is 0 Å². The number of nitrogens with one attached hydrogen (secondary N) is 2. The highest BCUT2D eigenvalue weighted by Gasteiger charge is 2.16. The van der Waals surface area contributed by atoms with E-state index in [4.69, 9.17) is 21.6 Å². The Hall–Kier alpha value is -3.32. The minimum Gasteiger partial charge on any atom is -0.489 e. The van der Waals surface area contributed by atoms with Crippen LogP contribution < -0.4 is 16.2 Å². The van der Waals surface area contributed by atoms with Crippen LogP contribution in [0.5, 0.6) is 5.75 Å². The fourth-order valence-corrected chi connectivity index (χ4v) is 2.66. The monoisotopic (exact) mass is 351 g/mol. The van der Waals surface area contributed by atoms with Gasteiger partial charge in [-0.25, -0.2) is 0 Å². The molecule has 1 aromatic heterocycles. The van der Waals surface area contributed by atoms with Crippen molar-refractivity contribution in [2.45, 2.75) is 13.2 Å². The SMILES string of the molecule is CN(C(=N)N)C(=O)c1cc2ccc(OCc3ccccc3CN)cc2[nH]1. The van der Waals surface area contributed by atoms with Gasteiger partial charge in [0.05, 0.1) is 0 Å². The van der Waals surface area contributed by atoms with Crippen molar-refractivity contribution in [2.75, 3.05) is 7.05 Å². The maximum Gasteiger partial charge on any atom is 0.276 e. The van der Waals surface area contributed by atoms with Crippen LogP contribution in [0, 0.1) is 5.41 Å². The molecule has 134 valence electrons. The summed E-state index contributed by atoms with van der Waals surface area (Å²) in [7, 11) is 1.46. The Kier molecular flexibility index (Phi) is 4.90. The van der Waals surface area contributed by atoms with Crippen molar-refractivity contribution in [3.05, 3.63) is 65.4 Å². The Balaban J connectivity index is 1.79. The van der Waals surface area contributed by atoms with Gasteiger partial charge in [-0.3, -0.25) is 15.1 Å². The van der Waals surface area contributed by atoms with E-state index in [-0.39, 0.29) is 11.9 Å². The molecule has 3 aromatic rings. The number of hydrogen-bond donors (Lipinski definition) is 4. The van der Waals surface area contributed by atoms with Gasteiger partial charge in [-0.15, -0.1) is 0 Å². The van der Waals surface area contributed by atoms with E-state index < -0.39 is 0 Å². The van der Waals surface area contributed by atoms with Gasteiger partial charge in [-0.1, -0.05) is 24.3 Å². The molecule has 0 spiro atoms. The third kappa shape index (κ3) is 3.52. The number of amides is 1. The third-order valence-corrected chi connectivity index (χ3v) is 4.22. The summed E-state index contributed by atoms with van der Waals surface area (Å²) < 4.78 is 5.87. The fourth-order valence-electron chi connectivity index (χ4n) is 2.66. The second kappa shape index (κ2) is 7.28. The normalized spacial score (nSPS) is 10.7. The largest absolute Gasteiger partial charge is 0.489 e. The number of rotatable bonds is 5. The van der Waals surface area contributed by atoms with E-state index >= 15 is 0 Å². The molecule has 0 atom stereocenters. The topological polar surface area (TPSA) is 121 Å². The predicted molar refractivity (Wildman–Crippen MR) is 101 cm³/mol. The number of benzene rings is 2. The number of carbonyl (C=O) groups is 1. The van der Waals surface area contributed by atoms with Gasteiger partial charge in [0.25, 0.3) is 5.91 Å². The highest BCUT2D eigenvalue weighted by atomic mass is 16.5. The number of guanidine groups is 1. The van der Waals surface area contributed by atoms with Gasteiger partial charge in [0.1, 0.15) is 18.1 Å². The molecule has 0 aliphatic rings. The van der Waals surface area contributed by atoms with Gasteiger partial charge in [-0.2, -0.15) is 0 Å². The Morgan fingerprint density at radius 1 is 1.19 bits per heavy atom. The summed E-state index contributed by atoms with van der Waals surface area (Å²) in [4.78, 5) is 16.4. The average Bonchev–Trinajstić information content (AvgIpc) is 3.08. The lowest BCUT2D eigenvalue weighted by Gasteiger charge is -2.12. The average molecular weight is 351 g/mol. The van der Waals surface area contributed by atoms with Crippen LogP contribution in [0.1, 0.15) is 21.6 Å². The number of H-pyrrole nitrogens is 1. The standard InChI is InChI=1S/C19H21N5O2/c1-24(19(21)22)18(25)17-8-12-6-7-15(9-16(12)23-17)26-11-14-5-3-2-4-13(14)10-20/h2-9,23H,10-11,20H2,1H3,(H3,21,22). The van der Waals surface area contributed by atoms with E-state index in [1.54, 1.807) is 6.07 Å². The first-order valence-corrected chi connectivity index (χ1v) is 8.14. The van der Waals surface area contributed by atoms with Crippen LogP contribution in [-0.2, 0) is 13.2 Å². The van der Waals surface area contributed by atoms with Crippen molar-refractivity contribution in [2.24, 2.45) is 11.5 Å². The van der Waals surface area contributed by atoms with Crippen molar-refractivity contribution in [1.82, 2.24) is 9.88 Å². The Morgan fingerprint density at radius 2 is 1.92 bits per heavy atom. The molecule has 0 saturated carbocycles. The lowest BCUT2D eigenvalue weighted by molar-refractivity contribution is 0.0864. The van der Waals surface area contributed by atoms with Crippen molar-refractivity contribution in [3.8, 4) is 5.75 Å². The Morgan fingerprint density at radius 3 is 2.62 bits per heavy atom. The van der Waals surface area contributed by atoms with Crippen molar-refractivity contribution >= 4 is 22.8 Å². The molecule has 0 bridgehead atoms. The van der Waals surface area contributed by atoms with Gasteiger partial charge in [0.15, 0.2) is 5.96 Å². The molecular weight excluding hydrogens is 330 g/mol. The van der Waals surface area contributed by atoms with Crippen LogP contribution in [0.15, 0.2) is 48.5 Å². The molecule has 26 heavy (non-hydrogen) atoms. The van der Waals surface area contributed by atoms with E-state index in [1.807, 2.05) is 42.5 Å². The van der Waals surface area contributed by atoms with Gasteiger partial charge in [-0.05, 0) is 29.3 Å². The number of nitrogens with two attached hydrogens (primary N) is 2. The zero-order valence-corrected chi connectivity index (χ0v) is 14.5. The van der Waals surface area contributed by atoms with E-state index in [1.165, 1.54) is 7.05 Å². The molecule has 7 nitrogen and oxygen atoms in total. The Labute approximate surface area is 151 Å². The fraction of sp³-hybridized carbons (Fsp3) is 0.158. The first-order chi connectivity index (χ1) is 12.5. The van der Waals surface area contributed by atoms with Gasteiger partial charge < -0.3 is 21.2 Å². The molecule has 0 aliphatic carbocycles. The second-order valence-electron chi connectivity index (χ2n) is 5.94. The highest BCUT2D eigenvalue weighted by molar-refractivity contribution is 6.05. The Bertz CT molecular complexity index is 963. The number of fused-ring (bicyclic) bond motifs is 1. The van der Waals surface area contributed by atoms with Gasteiger partial charge in [0, 0.05) is 30.6 Å². The van der Waals surface area contributed by atoms with Crippen molar-refractivity contribution in [3.63, 3.8) is 0 Å². The summed E-state index contributed by atoms with van der Waals surface area (Å²) in [5.74, 6) is 0.00869. The summed E-state index contributed by atoms with van der Waals surface area (Å²) in [6.45, 7) is 0.878. The number of ether oxygens (including phenoxy) is 1. The second-order valence-corrected chi connectivity index (χ2v) is 5.94. The van der Waals surface area contributed by atoms with Crippen molar-refractivity contribution < 1.29 is 9.53 Å². The molecule has 0 saturated heterocycles. The molecule has 0 unspecified atom stereocenters. The third-order valence-electron chi connectivity index (χ3n) is 4.22. The first-order valence-electron chi connectivity index (χ1n) is 8.14. The molecule has 7 heteroatoms. The maximum absolute atomic E-state index is 12.3. The number of aromatic amines is 1. The lowest BCUT2D eigenvalue weighted by atomic mass is 10.1. The number of aromatic nitrogens is 1. The summed E-state index contributed by atoms with van der Waals surface area (Å²) in [6, 6.07) is 15.2. The van der Waals surface area contributed by atoms with Crippen molar-refractivity contribution in [1.29, 1.82) is 5.41 Å². The zero-order chi connectivity index (χ0) is 18.7. The number of nitrogens with zero attached hydrogens (tertiary/aromatic N) is 1. The number of carbonyl (C=O) groups excluding carboxylic acids is 1. The van der Waals surface area contributed by atoms with E-state index in [0.29, 0.717) is 24.6 Å². The molecule has 1 heterocycles. The van der Waals surface area contributed by atoms with Crippen LogP contribution in [0.2, 0.25) is 0 Å². The molecule has 0 aliphatic heterocycles. The maximum atomic E-state index is 12.3. The van der Waals surface area contributed by atoms with Crippen LogP contribution in [0.4, 0.5) is 0 Å². The van der Waals surface area contributed by atoms with Crippen LogP contribution in [0.25, 0.3) is 10.9 Å².